The number of ether oxygens (including phenoxy) is 4. The summed E-state index contributed by atoms with van der Waals surface area (Å²) in [6.45, 7) is 2.00. The highest BCUT2D eigenvalue weighted by Crippen LogP contribution is 2.17. The number of hydrogen-bond acceptors (Lipinski definition) is 9. The lowest BCUT2D eigenvalue weighted by Gasteiger charge is -2.09. The number of aromatic amines is 1. The average Bonchev–Trinajstić information content (AvgIpc) is 2.86. The average molecular weight is 505 g/mol. The number of pyridine rings is 2. The van der Waals surface area contributed by atoms with E-state index in [0.717, 1.165) is 5.56 Å². The van der Waals surface area contributed by atoms with E-state index < -0.39 is 17.9 Å². The molecule has 3 rings (SSSR count). The van der Waals surface area contributed by atoms with Crippen LogP contribution in [-0.2, 0) is 20.8 Å². The van der Waals surface area contributed by atoms with Gasteiger partial charge in [0.25, 0.3) is 0 Å². The number of halogens is 1. The molecule has 0 fully saturated rings. The molecule has 1 aromatic carbocycles. The number of esters is 3. The normalized spacial score (nSPS) is 9.49. The van der Waals surface area contributed by atoms with Crippen LogP contribution in [0.1, 0.15) is 42.7 Å². The molecule has 3 aromatic rings. The third-order valence-corrected chi connectivity index (χ3v) is 4.22. The minimum atomic E-state index is -0.657. The topological polar surface area (TPSA) is 134 Å². The third kappa shape index (κ3) is 8.94. The molecule has 0 saturated heterocycles. The molecule has 0 aliphatic rings. The molecule has 2 aromatic heterocycles. The highest BCUT2D eigenvalue weighted by Gasteiger charge is 2.16. The van der Waals surface area contributed by atoms with Gasteiger partial charge in [0, 0.05) is 30.0 Å². The van der Waals surface area contributed by atoms with E-state index >= 15 is 0 Å². The summed E-state index contributed by atoms with van der Waals surface area (Å²) in [6.07, 6.45) is 0. The summed E-state index contributed by atoms with van der Waals surface area (Å²) >= 11 is 0. The van der Waals surface area contributed by atoms with Gasteiger partial charge in [-0.05, 0) is 12.5 Å². The predicted octanol–water partition coefficient (Wildman–Crippen LogP) is 3.13. The number of H-pyrrole nitrogens is 1. The van der Waals surface area contributed by atoms with Gasteiger partial charge in [-0.15, -0.1) is 12.4 Å². The number of carbonyl (C=O) groups is 3. The maximum absolute atomic E-state index is 11.6. The Hall–Kier alpha value is -4.18. The number of methoxy groups -OCH3 is 3. The molecule has 0 spiro atoms. The van der Waals surface area contributed by atoms with Crippen molar-refractivity contribution in [3.63, 3.8) is 0 Å². The molecular weight excluding hydrogens is 480 g/mol. The smallest absolute Gasteiger partial charge is 0.356 e. The molecule has 0 bridgehead atoms. The van der Waals surface area contributed by atoms with Crippen LogP contribution in [0.5, 0.6) is 5.75 Å². The van der Waals surface area contributed by atoms with E-state index in [-0.39, 0.29) is 34.9 Å². The Morgan fingerprint density at radius 1 is 0.829 bits per heavy atom. The van der Waals surface area contributed by atoms with Crippen LogP contribution in [-0.4, -0.2) is 49.2 Å². The minimum Gasteiger partial charge on any atom is -0.489 e. The van der Waals surface area contributed by atoms with Crippen molar-refractivity contribution in [1.29, 1.82) is 0 Å². The van der Waals surface area contributed by atoms with Gasteiger partial charge in [0.1, 0.15) is 18.1 Å². The number of hydrogen-bond donors (Lipinski definition) is 1. The maximum atomic E-state index is 11.6. The van der Waals surface area contributed by atoms with Crippen molar-refractivity contribution < 1.29 is 33.3 Å². The molecule has 35 heavy (non-hydrogen) atoms. The molecular formula is C24H25ClN2O8. The lowest BCUT2D eigenvalue weighted by atomic mass is 10.2. The van der Waals surface area contributed by atoms with Crippen LogP contribution in [0, 0.1) is 6.92 Å². The van der Waals surface area contributed by atoms with Crippen LogP contribution in [0.25, 0.3) is 0 Å². The highest BCUT2D eigenvalue weighted by atomic mass is 35.5. The molecule has 1 N–H and O–H groups in total. The fraction of sp³-hybridized carbons (Fsp3) is 0.208. The Labute approximate surface area is 207 Å². The van der Waals surface area contributed by atoms with Gasteiger partial charge in [-0.2, -0.15) is 0 Å². The number of aromatic nitrogens is 2. The third-order valence-electron chi connectivity index (χ3n) is 4.22. The molecule has 186 valence electrons. The lowest BCUT2D eigenvalue weighted by molar-refractivity contribution is 0.0576. The van der Waals surface area contributed by atoms with Crippen molar-refractivity contribution in [3.05, 3.63) is 93.2 Å². The van der Waals surface area contributed by atoms with E-state index in [9.17, 15) is 19.2 Å². The first-order chi connectivity index (χ1) is 16.3. The van der Waals surface area contributed by atoms with Crippen molar-refractivity contribution >= 4 is 30.3 Å². The standard InChI is InChI=1S/C16H15NO5.C8H9NO3.ClH/c1-20-15(18)13-8-12(9-14(17-13)16(19)21-2)22-10-11-6-4-3-5-7-11;1-5-3-6(10)4-7(9-5)8(11)12-2;/h3-9H,10H2,1-2H3;3-4H,1-2H3,(H,9,10);1H. The van der Waals surface area contributed by atoms with E-state index in [1.807, 2.05) is 30.3 Å². The van der Waals surface area contributed by atoms with Crippen molar-refractivity contribution in [3.8, 4) is 5.75 Å². The molecule has 0 saturated carbocycles. The van der Waals surface area contributed by atoms with Gasteiger partial charge >= 0.3 is 17.9 Å². The largest absolute Gasteiger partial charge is 0.489 e. The van der Waals surface area contributed by atoms with E-state index in [4.69, 9.17) is 4.74 Å². The maximum Gasteiger partial charge on any atom is 0.356 e. The van der Waals surface area contributed by atoms with E-state index in [1.165, 1.54) is 45.6 Å². The molecule has 0 atom stereocenters. The zero-order valence-corrected chi connectivity index (χ0v) is 20.3. The second-order valence-corrected chi connectivity index (χ2v) is 6.74. The SMILES string of the molecule is COC(=O)c1cc(=O)cc(C)[nH]1.COC(=O)c1cc(OCc2ccccc2)cc(C(=O)OC)n1.Cl. The van der Waals surface area contributed by atoms with Crippen LogP contribution < -0.4 is 10.2 Å². The van der Waals surface area contributed by atoms with Crippen molar-refractivity contribution in [2.24, 2.45) is 0 Å². The van der Waals surface area contributed by atoms with Crippen molar-refractivity contribution in [1.82, 2.24) is 9.97 Å². The van der Waals surface area contributed by atoms with Gasteiger partial charge in [-0.25, -0.2) is 19.4 Å². The second kappa shape index (κ2) is 14.2. The summed E-state index contributed by atoms with van der Waals surface area (Å²) in [5, 5.41) is 0. The Bertz CT molecular complexity index is 1180. The lowest BCUT2D eigenvalue weighted by Crippen LogP contribution is -2.11. The zero-order valence-electron chi connectivity index (χ0n) is 19.5. The summed E-state index contributed by atoms with van der Waals surface area (Å²) in [6, 6.07) is 15.0. The van der Waals surface area contributed by atoms with Crippen LogP contribution in [0.2, 0.25) is 0 Å². The van der Waals surface area contributed by atoms with Crippen LogP contribution in [0.3, 0.4) is 0 Å². The van der Waals surface area contributed by atoms with Crippen molar-refractivity contribution in [2.45, 2.75) is 13.5 Å². The minimum absolute atomic E-state index is 0. The Morgan fingerprint density at radius 2 is 1.37 bits per heavy atom. The summed E-state index contributed by atoms with van der Waals surface area (Å²) in [4.78, 5) is 51.7. The Kier molecular flexibility index (Phi) is 11.7. The molecule has 0 aliphatic heterocycles. The number of nitrogens with one attached hydrogen (secondary N) is 1. The first-order valence-corrected chi connectivity index (χ1v) is 9.92. The molecule has 0 aliphatic carbocycles. The van der Waals surface area contributed by atoms with Gasteiger partial charge in [-0.1, -0.05) is 30.3 Å². The summed E-state index contributed by atoms with van der Waals surface area (Å²) in [5.74, 6) is -1.51. The zero-order chi connectivity index (χ0) is 25.1. The van der Waals surface area contributed by atoms with Crippen LogP contribution in [0.15, 0.2) is 59.4 Å². The number of benzene rings is 1. The first kappa shape index (κ1) is 28.9. The highest BCUT2D eigenvalue weighted by molar-refractivity contribution is 5.92. The van der Waals surface area contributed by atoms with Gasteiger partial charge in [0.2, 0.25) is 0 Å². The van der Waals surface area contributed by atoms with E-state index in [1.54, 1.807) is 6.92 Å². The first-order valence-electron chi connectivity index (χ1n) is 9.92. The molecule has 11 heteroatoms. The van der Waals surface area contributed by atoms with E-state index in [0.29, 0.717) is 18.1 Å². The quantitative estimate of drug-likeness (QED) is 0.397. The van der Waals surface area contributed by atoms with E-state index in [2.05, 4.69) is 24.2 Å². The predicted molar refractivity (Wildman–Crippen MR) is 128 cm³/mol. The molecule has 0 unspecified atom stereocenters. The van der Waals surface area contributed by atoms with Gasteiger partial charge in [0.15, 0.2) is 16.8 Å². The van der Waals surface area contributed by atoms with Crippen LogP contribution >= 0.6 is 12.4 Å². The van der Waals surface area contributed by atoms with Gasteiger partial charge in [-0.3, -0.25) is 4.79 Å². The monoisotopic (exact) mass is 504 g/mol. The number of rotatable bonds is 6. The number of aryl methyl sites for hydroxylation is 1. The Balaban J connectivity index is 0.000000401. The molecule has 0 radical (unpaired) electrons. The second-order valence-electron chi connectivity index (χ2n) is 6.74. The number of carbonyl (C=O) groups excluding carboxylic acids is 3. The summed E-state index contributed by atoms with van der Waals surface area (Å²) in [5.41, 5.74) is 1.54. The van der Waals surface area contributed by atoms with Crippen molar-refractivity contribution in [2.75, 3.05) is 21.3 Å². The molecule has 10 nitrogen and oxygen atoms in total. The molecule has 2 heterocycles. The Morgan fingerprint density at radius 3 is 1.86 bits per heavy atom. The summed E-state index contributed by atoms with van der Waals surface area (Å²) < 4.78 is 19.3. The van der Waals surface area contributed by atoms with Gasteiger partial charge in [0.05, 0.1) is 21.3 Å². The summed E-state index contributed by atoms with van der Waals surface area (Å²) in [7, 11) is 3.74. The van der Waals surface area contributed by atoms with Gasteiger partial charge < -0.3 is 23.9 Å². The fourth-order valence-electron chi connectivity index (χ4n) is 2.65. The number of nitrogens with zero attached hydrogens (tertiary/aromatic N) is 1. The van der Waals surface area contributed by atoms with Crippen LogP contribution in [0.4, 0.5) is 0 Å². The fourth-order valence-corrected chi connectivity index (χ4v) is 2.65. The molecule has 0 amide bonds.